The van der Waals surface area contributed by atoms with Crippen LogP contribution in [-0.2, 0) is 11.2 Å². The summed E-state index contributed by atoms with van der Waals surface area (Å²) in [5.41, 5.74) is 5.24. The van der Waals surface area contributed by atoms with Crippen molar-refractivity contribution in [1.82, 2.24) is 4.90 Å². The van der Waals surface area contributed by atoms with Gasteiger partial charge in [-0.2, -0.15) is 0 Å². The summed E-state index contributed by atoms with van der Waals surface area (Å²) in [6.45, 7) is 1.36. The molecule has 158 valence electrons. The number of rotatable bonds is 4. The second-order valence-corrected chi connectivity index (χ2v) is 8.68. The SMILES string of the molecule is O=C(OCC1c2ccccc2-c2ccccc21)N1CCC(O)(Cc2ccccc2)CC1. The van der Waals surface area contributed by atoms with Gasteiger partial charge in [-0.3, -0.25) is 0 Å². The maximum atomic E-state index is 12.8. The zero-order valence-corrected chi connectivity index (χ0v) is 17.5. The van der Waals surface area contributed by atoms with Crippen molar-refractivity contribution in [2.24, 2.45) is 0 Å². The Morgan fingerprint density at radius 1 is 0.871 bits per heavy atom. The van der Waals surface area contributed by atoms with Crippen molar-refractivity contribution in [3.63, 3.8) is 0 Å². The van der Waals surface area contributed by atoms with Crippen LogP contribution in [0.4, 0.5) is 4.79 Å². The molecule has 3 aromatic rings. The number of carbonyl (C=O) groups is 1. The summed E-state index contributed by atoms with van der Waals surface area (Å²) in [6, 6.07) is 26.7. The van der Waals surface area contributed by atoms with Gasteiger partial charge in [0.2, 0.25) is 0 Å². The molecule has 0 radical (unpaired) electrons. The Bertz CT molecular complexity index is 1030. The minimum atomic E-state index is -0.762. The number of amides is 1. The van der Waals surface area contributed by atoms with E-state index in [1.807, 2.05) is 54.6 Å². The summed E-state index contributed by atoms with van der Waals surface area (Å²) >= 11 is 0. The summed E-state index contributed by atoms with van der Waals surface area (Å²) in [7, 11) is 0. The highest BCUT2D eigenvalue weighted by atomic mass is 16.6. The van der Waals surface area contributed by atoms with Gasteiger partial charge in [0.05, 0.1) is 5.60 Å². The van der Waals surface area contributed by atoms with Gasteiger partial charge in [0.1, 0.15) is 6.61 Å². The number of benzene rings is 3. The zero-order valence-electron chi connectivity index (χ0n) is 17.5. The first-order valence-electron chi connectivity index (χ1n) is 11.0. The Labute approximate surface area is 183 Å². The molecule has 0 atom stereocenters. The average molecular weight is 414 g/mol. The third kappa shape index (κ3) is 3.96. The third-order valence-electron chi connectivity index (χ3n) is 6.66. The molecule has 31 heavy (non-hydrogen) atoms. The number of carbonyl (C=O) groups excluding carboxylic acids is 1. The van der Waals surface area contributed by atoms with Gasteiger partial charge >= 0.3 is 6.09 Å². The molecule has 5 rings (SSSR count). The monoisotopic (exact) mass is 413 g/mol. The maximum absolute atomic E-state index is 12.8. The number of piperidine rings is 1. The normalized spacial score (nSPS) is 17.1. The van der Waals surface area contributed by atoms with Crippen LogP contribution in [0.2, 0.25) is 0 Å². The first-order chi connectivity index (χ1) is 15.1. The molecule has 4 nitrogen and oxygen atoms in total. The highest BCUT2D eigenvalue weighted by Crippen LogP contribution is 2.44. The number of ether oxygens (including phenoxy) is 1. The van der Waals surface area contributed by atoms with E-state index in [9.17, 15) is 9.90 Å². The fraction of sp³-hybridized carbons (Fsp3) is 0.296. The molecule has 2 aliphatic rings. The van der Waals surface area contributed by atoms with Crippen LogP contribution in [0.5, 0.6) is 0 Å². The smallest absolute Gasteiger partial charge is 0.409 e. The molecule has 0 bridgehead atoms. The van der Waals surface area contributed by atoms with Crippen LogP contribution in [0.3, 0.4) is 0 Å². The van der Waals surface area contributed by atoms with E-state index in [0.29, 0.717) is 39.0 Å². The molecule has 1 aliphatic carbocycles. The molecule has 1 fully saturated rings. The van der Waals surface area contributed by atoms with E-state index in [4.69, 9.17) is 4.74 Å². The van der Waals surface area contributed by atoms with E-state index in [-0.39, 0.29) is 12.0 Å². The number of fused-ring (bicyclic) bond motifs is 3. The lowest BCUT2D eigenvalue weighted by molar-refractivity contribution is -0.0200. The van der Waals surface area contributed by atoms with Crippen LogP contribution in [0.25, 0.3) is 11.1 Å². The van der Waals surface area contributed by atoms with Gasteiger partial charge < -0.3 is 14.7 Å². The van der Waals surface area contributed by atoms with Crippen molar-refractivity contribution in [2.45, 2.75) is 30.8 Å². The quantitative estimate of drug-likeness (QED) is 0.654. The predicted molar refractivity (Wildman–Crippen MR) is 121 cm³/mol. The number of likely N-dealkylation sites (tertiary alicyclic amines) is 1. The standard InChI is InChI=1S/C27H27NO3/c29-26(28-16-14-27(30,15-17-28)18-20-8-2-1-3-9-20)31-19-25-23-12-6-4-10-21(23)22-11-5-7-13-24(22)25/h1-13,25,30H,14-19H2. The van der Waals surface area contributed by atoms with Crippen molar-refractivity contribution in [3.05, 3.63) is 95.6 Å². The van der Waals surface area contributed by atoms with Gasteiger partial charge in [-0.1, -0.05) is 78.9 Å². The molecule has 0 spiro atoms. The third-order valence-corrected chi connectivity index (χ3v) is 6.66. The molecule has 1 heterocycles. The van der Waals surface area contributed by atoms with Crippen LogP contribution in [-0.4, -0.2) is 41.4 Å². The Hall–Kier alpha value is -3.11. The molecule has 0 unspecified atom stereocenters. The topological polar surface area (TPSA) is 49.8 Å². The van der Waals surface area contributed by atoms with Crippen molar-refractivity contribution >= 4 is 6.09 Å². The Kier molecular flexibility index (Phi) is 5.24. The van der Waals surface area contributed by atoms with Crippen LogP contribution >= 0.6 is 0 Å². The lowest BCUT2D eigenvalue weighted by Gasteiger charge is -2.38. The first kappa shape index (κ1) is 19.8. The van der Waals surface area contributed by atoms with E-state index in [2.05, 4.69) is 24.3 Å². The summed E-state index contributed by atoms with van der Waals surface area (Å²) in [5.74, 6) is 0.0659. The fourth-order valence-corrected chi connectivity index (χ4v) is 4.94. The molecule has 0 saturated carbocycles. The molecule has 3 aromatic carbocycles. The highest BCUT2D eigenvalue weighted by Gasteiger charge is 2.35. The van der Waals surface area contributed by atoms with Crippen LogP contribution < -0.4 is 0 Å². The van der Waals surface area contributed by atoms with Crippen LogP contribution in [0.1, 0.15) is 35.4 Å². The van der Waals surface area contributed by atoms with Crippen molar-refractivity contribution in [3.8, 4) is 11.1 Å². The van der Waals surface area contributed by atoms with E-state index in [0.717, 1.165) is 5.56 Å². The second-order valence-electron chi connectivity index (χ2n) is 8.68. The molecule has 1 aliphatic heterocycles. The van der Waals surface area contributed by atoms with E-state index >= 15 is 0 Å². The summed E-state index contributed by atoms with van der Waals surface area (Å²) in [5, 5.41) is 11.0. The summed E-state index contributed by atoms with van der Waals surface area (Å²) in [4.78, 5) is 14.5. The van der Waals surface area contributed by atoms with E-state index < -0.39 is 5.60 Å². The van der Waals surface area contributed by atoms with Gasteiger partial charge in [0.15, 0.2) is 0 Å². The van der Waals surface area contributed by atoms with Crippen LogP contribution in [0, 0.1) is 0 Å². The Morgan fingerprint density at radius 3 is 2.03 bits per heavy atom. The molecule has 4 heteroatoms. The first-order valence-corrected chi connectivity index (χ1v) is 11.0. The number of hydrogen-bond acceptors (Lipinski definition) is 3. The minimum Gasteiger partial charge on any atom is -0.448 e. The minimum absolute atomic E-state index is 0.0659. The predicted octanol–water partition coefficient (Wildman–Crippen LogP) is 5.01. The average Bonchev–Trinajstić information content (AvgIpc) is 3.12. The molecular weight excluding hydrogens is 386 g/mol. The summed E-state index contributed by atoms with van der Waals surface area (Å²) < 4.78 is 5.77. The van der Waals surface area contributed by atoms with Gasteiger partial charge in [-0.15, -0.1) is 0 Å². The van der Waals surface area contributed by atoms with Gasteiger partial charge in [-0.05, 0) is 40.7 Å². The molecule has 1 saturated heterocycles. The number of aliphatic hydroxyl groups is 1. The fourth-order valence-electron chi connectivity index (χ4n) is 4.94. The van der Waals surface area contributed by atoms with Gasteiger partial charge in [0.25, 0.3) is 0 Å². The summed E-state index contributed by atoms with van der Waals surface area (Å²) in [6.07, 6.45) is 1.45. The molecule has 1 amide bonds. The number of hydrogen-bond donors (Lipinski definition) is 1. The number of nitrogens with zero attached hydrogens (tertiary/aromatic N) is 1. The Morgan fingerprint density at radius 2 is 1.42 bits per heavy atom. The van der Waals surface area contributed by atoms with Gasteiger partial charge in [0, 0.05) is 25.4 Å². The van der Waals surface area contributed by atoms with Crippen molar-refractivity contribution in [1.29, 1.82) is 0 Å². The van der Waals surface area contributed by atoms with Crippen LogP contribution in [0.15, 0.2) is 78.9 Å². The zero-order chi connectivity index (χ0) is 21.3. The van der Waals surface area contributed by atoms with E-state index in [1.54, 1.807) is 4.90 Å². The second kappa shape index (κ2) is 8.20. The van der Waals surface area contributed by atoms with Gasteiger partial charge in [-0.25, -0.2) is 4.79 Å². The highest BCUT2D eigenvalue weighted by molar-refractivity contribution is 5.79. The molecule has 1 N–H and O–H groups in total. The molecule has 0 aromatic heterocycles. The Balaban J connectivity index is 1.20. The van der Waals surface area contributed by atoms with E-state index in [1.165, 1.54) is 22.3 Å². The molecular formula is C27H27NO3. The largest absolute Gasteiger partial charge is 0.448 e. The maximum Gasteiger partial charge on any atom is 0.409 e. The van der Waals surface area contributed by atoms with Crippen molar-refractivity contribution < 1.29 is 14.6 Å². The lowest BCUT2D eigenvalue weighted by Crippen LogP contribution is -2.48. The van der Waals surface area contributed by atoms with Crippen molar-refractivity contribution in [2.75, 3.05) is 19.7 Å². The lowest BCUT2D eigenvalue weighted by atomic mass is 9.85.